The average molecular weight is 499 g/mol. The van der Waals surface area contributed by atoms with Crippen LogP contribution in [-0.4, -0.2) is 55.3 Å². The summed E-state index contributed by atoms with van der Waals surface area (Å²) in [6, 6.07) is 2.39. The van der Waals surface area contributed by atoms with Gasteiger partial charge in [-0.25, -0.2) is 15.0 Å². The normalized spacial score (nSPS) is 28.8. The van der Waals surface area contributed by atoms with E-state index in [0.717, 1.165) is 56.6 Å². The number of nitriles is 1. The monoisotopic (exact) mass is 498 g/mol. The summed E-state index contributed by atoms with van der Waals surface area (Å²) in [5.74, 6) is 3.67. The topological polar surface area (TPSA) is 115 Å². The second-order valence-electron chi connectivity index (χ2n) is 10.1. The van der Waals surface area contributed by atoms with Crippen molar-refractivity contribution in [3.63, 3.8) is 0 Å². The van der Waals surface area contributed by atoms with Gasteiger partial charge in [-0.3, -0.25) is 4.21 Å². The van der Waals surface area contributed by atoms with Gasteiger partial charge in [-0.05, 0) is 55.9 Å². The number of nitrogens with one attached hydrogen (secondary N) is 1. The van der Waals surface area contributed by atoms with Crippen molar-refractivity contribution in [3.05, 3.63) is 34.4 Å². The number of hydrogen-bond donors (Lipinski definition) is 2. The van der Waals surface area contributed by atoms with E-state index >= 15 is 0 Å². The van der Waals surface area contributed by atoms with E-state index in [1.54, 1.807) is 12.4 Å². The third-order valence-corrected chi connectivity index (χ3v) is 9.84. The van der Waals surface area contributed by atoms with Crippen molar-refractivity contribution >= 4 is 34.0 Å². The maximum absolute atomic E-state index is 12.9. The lowest BCUT2D eigenvalue weighted by Gasteiger charge is -2.42. The Morgan fingerprint density at radius 3 is 2.56 bits per heavy atom. The molecule has 10 heteroatoms. The van der Waals surface area contributed by atoms with Crippen LogP contribution in [0.5, 0.6) is 0 Å². The Kier molecular flexibility index (Phi) is 5.51. The van der Waals surface area contributed by atoms with Gasteiger partial charge in [0, 0.05) is 37.2 Å². The molecule has 2 aliphatic heterocycles. The fraction of sp³-hybridized carbons (Fsp3) is 0.583. The third-order valence-electron chi connectivity index (χ3n) is 8.18. The first-order valence-corrected chi connectivity index (χ1v) is 13.7. The van der Waals surface area contributed by atoms with Gasteiger partial charge in [0.2, 0.25) is 0 Å². The molecule has 2 aromatic rings. The number of aliphatic hydroxyl groups is 1. The largest absolute Gasteiger partial charge is 0.394 e. The fourth-order valence-electron chi connectivity index (χ4n) is 6.30. The van der Waals surface area contributed by atoms with Crippen LogP contribution in [0.2, 0.25) is 5.02 Å². The molecule has 2 bridgehead atoms. The first-order valence-electron chi connectivity index (χ1n) is 12.0. The number of rotatable bonds is 5. The van der Waals surface area contributed by atoms with Crippen molar-refractivity contribution < 1.29 is 9.32 Å². The summed E-state index contributed by atoms with van der Waals surface area (Å²) >= 11 is 6.00. The van der Waals surface area contributed by atoms with Gasteiger partial charge in [0.25, 0.3) is 0 Å². The second-order valence-corrected chi connectivity index (χ2v) is 12.0. The van der Waals surface area contributed by atoms with E-state index in [1.165, 1.54) is 0 Å². The molecule has 3 atom stereocenters. The Hall–Kier alpha value is -2.28. The Bertz CT molecular complexity index is 1180. The van der Waals surface area contributed by atoms with Crippen LogP contribution in [0, 0.1) is 23.2 Å². The van der Waals surface area contributed by atoms with Crippen molar-refractivity contribution in [2.24, 2.45) is 11.8 Å². The molecular weight excluding hydrogens is 472 g/mol. The first-order chi connectivity index (χ1) is 16.5. The standard InChI is InChI=1S/C24H27ClN6O2S/c25-16-9-27-21(28-10-16)19-14-2-3-15(19)12-31(11-14)23-18(8-26)17-4-7-34(33)20(17)22(29-23)30-24(13-32)5-1-6-24/h9-10,14-15,19,32H,1-7,11-13H2,(H,29,30)/t14?,15?,19?,34-/m0/s1. The molecule has 34 heavy (non-hydrogen) atoms. The van der Waals surface area contributed by atoms with E-state index in [0.29, 0.717) is 51.1 Å². The molecule has 0 aromatic carbocycles. The second kappa shape index (κ2) is 8.43. The molecule has 2 N–H and O–H groups in total. The van der Waals surface area contributed by atoms with E-state index in [4.69, 9.17) is 16.6 Å². The van der Waals surface area contributed by atoms with Crippen molar-refractivity contribution in [3.8, 4) is 6.07 Å². The first kappa shape index (κ1) is 22.2. The summed E-state index contributed by atoms with van der Waals surface area (Å²) in [5.41, 5.74) is 1.01. The fourth-order valence-corrected chi connectivity index (χ4v) is 7.79. The minimum atomic E-state index is -1.19. The number of nitrogens with zero attached hydrogens (tertiary/aromatic N) is 5. The number of halogens is 1. The van der Waals surface area contributed by atoms with Gasteiger partial charge in [0.05, 0.1) is 38.4 Å². The van der Waals surface area contributed by atoms with Gasteiger partial charge >= 0.3 is 0 Å². The molecular formula is C24H27ClN6O2S. The van der Waals surface area contributed by atoms with E-state index in [1.807, 2.05) is 0 Å². The van der Waals surface area contributed by atoms with E-state index < -0.39 is 16.3 Å². The van der Waals surface area contributed by atoms with Crippen molar-refractivity contribution in [1.82, 2.24) is 15.0 Å². The SMILES string of the molecule is N#Cc1c(N2CC3CCC(C2)C3c2ncc(Cl)cn2)nc(NC2(CO)CCC2)c2c1CC[S@@]2=O. The molecule has 3 fully saturated rings. The number of fused-ring (bicyclic) bond motifs is 3. The van der Waals surface area contributed by atoms with Crippen LogP contribution in [-0.2, 0) is 17.2 Å². The highest BCUT2D eigenvalue weighted by atomic mass is 35.5. The lowest BCUT2D eigenvalue weighted by atomic mass is 9.77. The Balaban J connectivity index is 1.36. The maximum atomic E-state index is 12.9. The van der Waals surface area contributed by atoms with Gasteiger partial charge in [-0.2, -0.15) is 5.26 Å². The molecule has 6 rings (SSSR count). The van der Waals surface area contributed by atoms with E-state index in [-0.39, 0.29) is 12.5 Å². The molecule has 0 radical (unpaired) electrons. The van der Waals surface area contributed by atoms with Crippen molar-refractivity contribution in [2.75, 3.05) is 35.7 Å². The number of anilines is 2. The van der Waals surface area contributed by atoms with Crippen LogP contribution in [0.4, 0.5) is 11.6 Å². The van der Waals surface area contributed by atoms with E-state index in [9.17, 15) is 14.6 Å². The molecule has 1 saturated heterocycles. The lowest BCUT2D eigenvalue weighted by Crippen LogP contribution is -2.49. The van der Waals surface area contributed by atoms with Crippen LogP contribution in [0.1, 0.15) is 55.0 Å². The summed E-state index contributed by atoms with van der Waals surface area (Å²) in [6.07, 6.45) is 8.90. The Morgan fingerprint density at radius 2 is 1.97 bits per heavy atom. The highest BCUT2D eigenvalue weighted by Gasteiger charge is 2.46. The molecule has 2 aliphatic carbocycles. The molecule has 0 spiro atoms. The van der Waals surface area contributed by atoms with Crippen LogP contribution < -0.4 is 10.2 Å². The summed E-state index contributed by atoms with van der Waals surface area (Å²) < 4.78 is 12.9. The highest BCUT2D eigenvalue weighted by molar-refractivity contribution is 7.85. The molecule has 178 valence electrons. The number of hydrogen-bond acceptors (Lipinski definition) is 8. The molecule has 2 saturated carbocycles. The van der Waals surface area contributed by atoms with Gasteiger partial charge in [-0.15, -0.1) is 0 Å². The zero-order valence-electron chi connectivity index (χ0n) is 18.8. The van der Waals surface area contributed by atoms with Crippen LogP contribution in [0.3, 0.4) is 0 Å². The molecule has 4 heterocycles. The molecule has 4 aliphatic rings. The average Bonchev–Trinajstić information content (AvgIpc) is 3.33. The smallest absolute Gasteiger partial charge is 0.149 e. The predicted molar refractivity (Wildman–Crippen MR) is 129 cm³/mol. The van der Waals surface area contributed by atoms with Crippen molar-refractivity contribution in [1.29, 1.82) is 5.26 Å². The summed E-state index contributed by atoms with van der Waals surface area (Å²) in [6.45, 7) is 1.57. The molecule has 2 unspecified atom stereocenters. The zero-order chi connectivity index (χ0) is 23.4. The van der Waals surface area contributed by atoms with Crippen LogP contribution >= 0.6 is 11.6 Å². The van der Waals surface area contributed by atoms with Crippen molar-refractivity contribution in [2.45, 2.75) is 54.9 Å². The summed E-state index contributed by atoms with van der Waals surface area (Å²) in [7, 11) is -1.19. The maximum Gasteiger partial charge on any atom is 0.149 e. The minimum Gasteiger partial charge on any atom is -0.394 e. The van der Waals surface area contributed by atoms with Crippen LogP contribution in [0.15, 0.2) is 17.3 Å². The van der Waals surface area contributed by atoms with Crippen LogP contribution in [0.25, 0.3) is 0 Å². The zero-order valence-corrected chi connectivity index (χ0v) is 20.4. The molecule has 0 amide bonds. The summed E-state index contributed by atoms with van der Waals surface area (Å²) in [4.78, 5) is 16.9. The van der Waals surface area contributed by atoms with Gasteiger partial charge < -0.3 is 15.3 Å². The highest BCUT2D eigenvalue weighted by Crippen LogP contribution is 2.49. The minimum absolute atomic E-state index is 0.0159. The van der Waals surface area contributed by atoms with E-state index in [2.05, 4.69) is 26.3 Å². The predicted octanol–water partition coefficient (Wildman–Crippen LogP) is 3.02. The number of aliphatic hydroxyl groups excluding tert-OH is 1. The van der Waals surface area contributed by atoms with Gasteiger partial charge in [-0.1, -0.05) is 11.6 Å². The number of aromatic nitrogens is 3. The Morgan fingerprint density at radius 1 is 1.26 bits per heavy atom. The van der Waals surface area contributed by atoms with Gasteiger partial charge in [0.1, 0.15) is 23.5 Å². The number of pyridine rings is 1. The Labute approximate surface area is 206 Å². The summed E-state index contributed by atoms with van der Waals surface area (Å²) in [5, 5.41) is 24.1. The number of piperidine rings is 1. The molecule has 2 aromatic heterocycles. The lowest BCUT2D eigenvalue weighted by molar-refractivity contribution is 0.143. The third kappa shape index (κ3) is 3.50. The quantitative estimate of drug-likeness (QED) is 0.646. The van der Waals surface area contributed by atoms with Gasteiger partial charge in [0.15, 0.2) is 0 Å². The molecule has 8 nitrogen and oxygen atoms in total.